The second-order valence-electron chi connectivity index (χ2n) is 5.36. The van der Waals surface area contributed by atoms with E-state index in [0.717, 1.165) is 18.5 Å². The number of hydrogen-bond donors (Lipinski definition) is 0. The highest BCUT2D eigenvalue weighted by Gasteiger charge is 2.35. The first-order valence-corrected chi connectivity index (χ1v) is 7.05. The van der Waals surface area contributed by atoms with Crippen LogP contribution in [0.1, 0.15) is 37.7 Å². The Morgan fingerprint density at radius 1 is 1.29 bits per heavy atom. The van der Waals surface area contributed by atoms with Gasteiger partial charge in [-0.15, -0.1) is 0 Å². The van der Waals surface area contributed by atoms with E-state index in [0.29, 0.717) is 5.15 Å². The normalized spacial score (nSPS) is 29.2. The second kappa shape index (κ2) is 4.95. The highest BCUT2D eigenvalue weighted by molar-refractivity contribution is 6.29. The molecule has 2 heterocycles. The predicted molar refractivity (Wildman–Crippen MR) is 70.0 cm³/mol. The Bertz CT molecular complexity index is 394. The first kappa shape index (κ1) is 11.5. The highest BCUT2D eigenvalue weighted by Crippen LogP contribution is 2.36. The molecule has 3 rings (SSSR count). The summed E-state index contributed by atoms with van der Waals surface area (Å²) in [5, 5.41) is 0.613. The third-order valence-electron chi connectivity index (χ3n) is 4.30. The third kappa shape index (κ3) is 2.48. The number of hydrogen-bond acceptors (Lipinski definition) is 2. The van der Waals surface area contributed by atoms with Crippen molar-refractivity contribution in [3.05, 3.63) is 29.0 Å². The lowest BCUT2D eigenvalue weighted by Gasteiger charge is -2.31. The molecule has 3 heteroatoms. The van der Waals surface area contributed by atoms with Gasteiger partial charge in [-0.1, -0.05) is 24.4 Å². The predicted octanol–water partition coefficient (Wildman–Crippen LogP) is 3.50. The van der Waals surface area contributed by atoms with E-state index in [9.17, 15) is 0 Å². The van der Waals surface area contributed by atoms with E-state index in [-0.39, 0.29) is 0 Å². The fourth-order valence-corrected chi connectivity index (χ4v) is 3.67. The first-order valence-electron chi connectivity index (χ1n) is 6.67. The van der Waals surface area contributed by atoms with Crippen LogP contribution >= 0.6 is 11.6 Å². The summed E-state index contributed by atoms with van der Waals surface area (Å²) in [6.07, 6.45) is 8.89. The summed E-state index contributed by atoms with van der Waals surface area (Å²) in [6.45, 7) is 2.30. The Morgan fingerprint density at radius 3 is 3.06 bits per heavy atom. The minimum atomic E-state index is 0.613. The summed E-state index contributed by atoms with van der Waals surface area (Å²) in [6, 6.07) is 4.91. The molecule has 1 saturated heterocycles. The van der Waals surface area contributed by atoms with Crippen molar-refractivity contribution >= 4 is 11.6 Å². The van der Waals surface area contributed by atoms with Crippen molar-refractivity contribution < 1.29 is 0 Å². The van der Waals surface area contributed by atoms with E-state index in [1.54, 1.807) is 0 Å². The van der Waals surface area contributed by atoms with Gasteiger partial charge in [0.1, 0.15) is 5.15 Å². The van der Waals surface area contributed by atoms with Crippen LogP contribution in [0.3, 0.4) is 0 Å². The smallest absolute Gasteiger partial charge is 0.129 e. The summed E-state index contributed by atoms with van der Waals surface area (Å²) in [7, 11) is 0. The number of aromatic nitrogens is 1. The van der Waals surface area contributed by atoms with Gasteiger partial charge in [0.15, 0.2) is 0 Å². The van der Waals surface area contributed by atoms with Gasteiger partial charge >= 0.3 is 0 Å². The van der Waals surface area contributed by atoms with Gasteiger partial charge in [-0.3, -0.25) is 4.90 Å². The zero-order valence-electron chi connectivity index (χ0n) is 10.1. The first-order chi connectivity index (χ1) is 8.33. The van der Waals surface area contributed by atoms with Gasteiger partial charge in [-0.25, -0.2) is 4.98 Å². The van der Waals surface area contributed by atoms with Crippen LogP contribution in [0.2, 0.25) is 5.15 Å². The molecular weight excluding hydrogens is 232 g/mol. The van der Waals surface area contributed by atoms with Crippen molar-refractivity contribution in [3.8, 4) is 0 Å². The molecule has 92 valence electrons. The summed E-state index contributed by atoms with van der Waals surface area (Å²) < 4.78 is 0. The van der Waals surface area contributed by atoms with Crippen LogP contribution in [0.25, 0.3) is 0 Å². The van der Waals surface area contributed by atoms with Crippen LogP contribution in [0, 0.1) is 5.92 Å². The minimum absolute atomic E-state index is 0.613. The average Bonchev–Trinajstić information content (AvgIpc) is 2.73. The monoisotopic (exact) mass is 250 g/mol. The summed E-state index contributed by atoms with van der Waals surface area (Å²) in [4.78, 5) is 6.69. The summed E-state index contributed by atoms with van der Waals surface area (Å²) in [5.41, 5.74) is 1.30. The van der Waals surface area contributed by atoms with Gasteiger partial charge in [0.25, 0.3) is 0 Å². The van der Waals surface area contributed by atoms with E-state index >= 15 is 0 Å². The SMILES string of the molecule is Clc1cc(CN2CCC3CCCCC32)ccn1. The molecule has 2 atom stereocenters. The number of pyridine rings is 1. The molecule has 2 unspecified atom stereocenters. The number of fused-ring (bicyclic) bond motifs is 1. The third-order valence-corrected chi connectivity index (χ3v) is 4.51. The van der Waals surface area contributed by atoms with Crippen LogP contribution < -0.4 is 0 Å². The molecule has 0 bridgehead atoms. The maximum Gasteiger partial charge on any atom is 0.129 e. The molecule has 1 aromatic heterocycles. The molecule has 0 radical (unpaired) electrons. The zero-order chi connectivity index (χ0) is 11.7. The van der Waals surface area contributed by atoms with E-state index in [4.69, 9.17) is 11.6 Å². The Morgan fingerprint density at radius 2 is 2.18 bits per heavy atom. The maximum absolute atomic E-state index is 5.94. The minimum Gasteiger partial charge on any atom is -0.296 e. The standard InChI is InChI=1S/C14H19ClN2/c15-14-9-11(5-7-16-14)10-17-8-6-12-3-1-2-4-13(12)17/h5,7,9,12-13H,1-4,6,8,10H2. The van der Waals surface area contributed by atoms with Crippen molar-refractivity contribution in [3.63, 3.8) is 0 Å². The molecule has 1 saturated carbocycles. The van der Waals surface area contributed by atoms with Gasteiger partial charge in [0.2, 0.25) is 0 Å². The second-order valence-corrected chi connectivity index (χ2v) is 5.75. The molecule has 1 aromatic rings. The van der Waals surface area contributed by atoms with E-state index in [1.807, 2.05) is 12.3 Å². The maximum atomic E-state index is 5.94. The average molecular weight is 251 g/mol. The lowest BCUT2D eigenvalue weighted by atomic mass is 9.85. The van der Waals surface area contributed by atoms with E-state index in [2.05, 4.69) is 16.0 Å². The highest BCUT2D eigenvalue weighted by atomic mass is 35.5. The Labute approximate surface area is 108 Å². The van der Waals surface area contributed by atoms with E-state index < -0.39 is 0 Å². The molecule has 0 amide bonds. The van der Waals surface area contributed by atoms with Crippen molar-refractivity contribution in [2.24, 2.45) is 5.92 Å². The molecule has 17 heavy (non-hydrogen) atoms. The van der Waals surface area contributed by atoms with Gasteiger partial charge in [0.05, 0.1) is 0 Å². The lowest BCUT2D eigenvalue weighted by molar-refractivity contribution is 0.176. The van der Waals surface area contributed by atoms with Crippen molar-refractivity contribution in [2.75, 3.05) is 6.54 Å². The van der Waals surface area contributed by atoms with Crippen LogP contribution in [0.5, 0.6) is 0 Å². The summed E-state index contributed by atoms with van der Waals surface area (Å²) in [5.74, 6) is 0.959. The zero-order valence-corrected chi connectivity index (χ0v) is 10.9. The summed E-state index contributed by atoms with van der Waals surface area (Å²) >= 11 is 5.94. The molecular formula is C14H19ClN2. The lowest BCUT2D eigenvalue weighted by Crippen LogP contribution is -2.34. The van der Waals surface area contributed by atoms with Crippen LogP contribution in [-0.2, 0) is 6.54 Å². The number of likely N-dealkylation sites (tertiary alicyclic amines) is 1. The molecule has 2 fully saturated rings. The van der Waals surface area contributed by atoms with Crippen LogP contribution in [0.15, 0.2) is 18.3 Å². The largest absolute Gasteiger partial charge is 0.296 e. The topological polar surface area (TPSA) is 16.1 Å². The number of halogens is 1. The quantitative estimate of drug-likeness (QED) is 0.747. The van der Waals surface area contributed by atoms with Gasteiger partial charge in [-0.05, 0) is 49.4 Å². The van der Waals surface area contributed by atoms with Crippen LogP contribution in [0.4, 0.5) is 0 Å². The molecule has 2 aliphatic rings. The van der Waals surface area contributed by atoms with E-state index in [1.165, 1.54) is 44.2 Å². The molecule has 1 aliphatic carbocycles. The molecule has 0 N–H and O–H groups in total. The molecule has 0 spiro atoms. The Balaban J connectivity index is 1.69. The van der Waals surface area contributed by atoms with Crippen molar-refractivity contribution in [1.29, 1.82) is 0 Å². The fourth-order valence-electron chi connectivity index (χ4n) is 3.47. The molecule has 1 aliphatic heterocycles. The Hall–Kier alpha value is -0.600. The van der Waals surface area contributed by atoms with Gasteiger partial charge in [0, 0.05) is 18.8 Å². The van der Waals surface area contributed by atoms with Gasteiger partial charge < -0.3 is 0 Å². The Kier molecular flexibility index (Phi) is 3.34. The van der Waals surface area contributed by atoms with Crippen LogP contribution in [-0.4, -0.2) is 22.5 Å². The fraction of sp³-hybridized carbons (Fsp3) is 0.643. The van der Waals surface area contributed by atoms with Crippen molar-refractivity contribution in [1.82, 2.24) is 9.88 Å². The number of rotatable bonds is 2. The molecule has 0 aromatic carbocycles. The number of nitrogens with zero attached hydrogens (tertiary/aromatic N) is 2. The van der Waals surface area contributed by atoms with Gasteiger partial charge in [-0.2, -0.15) is 0 Å². The van der Waals surface area contributed by atoms with Crippen molar-refractivity contribution in [2.45, 2.75) is 44.7 Å². The molecule has 2 nitrogen and oxygen atoms in total.